The van der Waals surface area contributed by atoms with Crippen LogP contribution in [-0.4, -0.2) is 5.78 Å². The first kappa shape index (κ1) is 12.8. The van der Waals surface area contributed by atoms with Crippen LogP contribution in [0.1, 0.15) is 22.8 Å². The Labute approximate surface area is 110 Å². The number of carbonyl (C=O) groups excluding carboxylic acids is 1. The molecule has 3 heteroatoms. The highest BCUT2D eigenvalue weighted by Crippen LogP contribution is 2.31. The van der Waals surface area contributed by atoms with Gasteiger partial charge in [0, 0.05) is 21.7 Å². The van der Waals surface area contributed by atoms with Gasteiger partial charge in [-0.1, -0.05) is 29.8 Å². The Kier molecular flexibility index (Phi) is 3.48. The maximum Gasteiger partial charge on any atom is 0.159 e. The van der Waals surface area contributed by atoms with Gasteiger partial charge < -0.3 is 0 Å². The standard InChI is InChI=1S/C15H12ClFO/c1-9-7-11(10(2)18)8-13(15(9)17)12-5-3-4-6-14(12)16/h3-8H,1-2H3. The van der Waals surface area contributed by atoms with E-state index in [9.17, 15) is 9.18 Å². The van der Waals surface area contributed by atoms with Crippen molar-refractivity contribution in [1.29, 1.82) is 0 Å². The molecule has 0 spiro atoms. The second-order valence-corrected chi connectivity index (χ2v) is 4.60. The fourth-order valence-corrected chi connectivity index (χ4v) is 2.09. The van der Waals surface area contributed by atoms with E-state index in [4.69, 9.17) is 11.6 Å². The number of carbonyl (C=O) groups is 1. The summed E-state index contributed by atoms with van der Waals surface area (Å²) < 4.78 is 14.1. The van der Waals surface area contributed by atoms with Gasteiger partial charge in [0.1, 0.15) is 5.82 Å². The van der Waals surface area contributed by atoms with Crippen molar-refractivity contribution < 1.29 is 9.18 Å². The third kappa shape index (κ3) is 2.29. The van der Waals surface area contributed by atoms with Gasteiger partial charge in [-0.25, -0.2) is 4.39 Å². The Morgan fingerprint density at radius 1 is 1.17 bits per heavy atom. The Bertz CT molecular complexity index is 620. The first-order chi connectivity index (χ1) is 8.50. The number of aryl methyl sites for hydroxylation is 1. The SMILES string of the molecule is CC(=O)c1cc(C)c(F)c(-c2ccccc2Cl)c1. The largest absolute Gasteiger partial charge is 0.295 e. The maximum absolute atomic E-state index is 14.1. The number of ketones is 1. The first-order valence-electron chi connectivity index (χ1n) is 5.56. The highest BCUT2D eigenvalue weighted by molar-refractivity contribution is 6.33. The minimum Gasteiger partial charge on any atom is -0.295 e. The van der Waals surface area contributed by atoms with E-state index in [0.29, 0.717) is 27.3 Å². The van der Waals surface area contributed by atoms with Crippen molar-refractivity contribution in [2.75, 3.05) is 0 Å². The molecular formula is C15H12ClFO. The Balaban J connectivity index is 2.71. The quantitative estimate of drug-likeness (QED) is 0.720. The summed E-state index contributed by atoms with van der Waals surface area (Å²) in [6.07, 6.45) is 0. The number of halogens is 2. The minimum absolute atomic E-state index is 0.0913. The van der Waals surface area contributed by atoms with Crippen LogP contribution in [0.4, 0.5) is 4.39 Å². The Hall–Kier alpha value is -1.67. The van der Waals surface area contributed by atoms with Gasteiger partial charge in [-0.05, 0) is 37.6 Å². The van der Waals surface area contributed by atoms with Crippen molar-refractivity contribution in [2.45, 2.75) is 13.8 Å². The average molecular weight is 263 g/mol. The highest BCUT2D eigenvalue weighted by atomic mass is 35.5. The summed E-state index contributed by atoms with van der Waals surface area (Å²) in [5.41, 5.74) is 1.90. The summed E-state index contributed by atoms with van der Waals surface area (Å²) in [4.78, 5) is 11.4. The zero-order valence-electron chi connectivity index (χ0n) is 10.1. The van der Waals surface area contributed by atoms with Crippen molar-refractivity contribution in [3.63, 3.8) is 0 Å². The number of benzene rings is 2. The predicted molar refractivity (Wildman–Crippen MR) is 71.6 cm³/mol. The third-order valence-corrected chi connectivity index (χ3v) is 3.15. The zero-order valence-corrected chi connectivity index (χ0v) is 10.9. The molecule has 0 bridgehead atoms. The van der Waals surface area contributed by atoms with Crippen molar-refractivity contribution in [2.24, 2.45) is 0 Å². The molecule has 0 N–H and O–H groups in total. The normalized spacial score (nSPS) is 10.4. The Morgan fingerprint density at radius 3 is 2.44 bits per heavy atom. The van der Waals surface area contributed by atoms with Crippen LogP contribution in [-0.2, 0) is 0 Å². The molecule has 2 aromatic rings. The van der Waals surface area contributed by atoms with E-state index in [1.165, 1.54) is 6.92 Å². The fraction of sp³-hybridized carbons (Fsp3) is 0.133. The van der Waals surface area contributed by atoms with Crippen molar-refractivity contribution >= 4 is 17.4 Å². The van der Waals surface area contributed by atoms with Gasteiger partial charge in [-0.15, -0.1) is 0 Å². The molecule has 0 aliphatic rings. The lowest BCUT2D eigenvalue weighted by Crippen LogP contribution is -1.98. The van der Waals surface area contributed by atoms with E-state index in [-0.39, 0.29) is 11.6 Å². The number of hydrogen-bond donors (Lipinski definition) is 0. The topological polar surface area (TPSA) is 17.1 Å². The van der Waals surface area contributed by atoms with Gasteiger partial charge in [-0.3, -0.25) is 4.79 Å². The molecule has 2 aromatic carbocycles. The maximum atomic E-state index is 14.1. The molecule has 2 rings (SSSR count). The smallest absolute Gasteiger partial charge is 0.159 e. The fourth-order valence-electron chi connectivity index (χ4n) is 1.85. The lowest BCUT2D eigenvalue weighted by molar-refractivity contribution is 0.101. The molecule has 0 saturated heterocycles. The summed E-state index contributed by atoms with van der Waals surface area (Å²) >= 11 is 6.06. The van der Waals surface area contributed by atoms with Crippen LogP contribution in [0.15, 0.2) is 36.4 Å². The van der Waals surface area contributed by atoms with Crippen molar-refractivity contribution in [3.8, 4) is 11.1 Å². The highest BCUT2D eigenvalue weighted by Gasteiger charge is 2.13. The molecule has 92 valence electrons. The van der Waals surface area contributed by atoms with Crippen LogP contribution >= 0.6 is 11.6 Å². The minimum atomic E-state index is -0.340. The third-order valence-electron chi connectivity index (χ3n) is 2.83. The average Bonchev–Trinajstić information content (AvgIpc) is 2.33. The van der Waals surface area contributed by atoms with Crippen molar-refractivity contribution in [3.05, 3.63) is 58.4 Å². The molecule has 0 radical (unpaired) electrons. The van der Waals surface area contributed by atoms with E-state index in [0.717, 1.165) is 0 Å². The van der Waals surface area contributed by atoms with E-state index in [2.05, 4.69) is 0 Å². The first-order valence-corrected chi connectivity index (χ1v) is 5.94. The second-order valence-electron chi connectivity index (χ2n) is 4.19. The monoisotopic (exact) mass is 262 g/mol. The van der Waals surface area contributed by atoms with E-state index in [1.54, 1.807) is 43.3 Å². The van der Waals surface area contributed by atoms with Crippen LogP contribution in [0.5, 0.6) is 0 Å². The summed E-state index contributed by atoms with van der Waals surface area (Å²) in [7, 11) is 0. The molecule has 0 fully saturated rings. The van der Waals surface area contributed by atoms with Crippen molar-refractivity contribution in [1.82, 2.24) is 0 Å². The lowest BCUT2D eigenvalue weighted by Gasteiger charge is -2.10. The number of Topliss-reactive ketones (excluding diaryl/α,β-unsaturated/α-hetero) is 1. The van der Waals surface area contributed by atoms with Gasteiger partial charge in [0.25, 0.3) is 0 Å². The molecule has 0 unspecified atom stereocenters. The number of hydrogen-bond acceptors (Lipinski definition) is 1. The van der Waals surface area contributed by atoms with Crippen LogP contribution < -0.4 is 0 Å². The van der Waals surface area contributed by atoms with Gasteiger partial charge in [-0.2, -0.15) is 0 Å². The van der Waals surface area contributed by atoms with E-state index >= 15 is 0 Å². The number of rotatable bonds is 2. The molecular weight excluding hydrogens is 251 g/mol. The molecule has 0 aliphatic heterocycles. The van der Waals surface area contributed by atoms with Gasteiger partial charge in [0.2, 0.25) is 0 Å². The molecule has 0 saturated carbocycles. The Morgan fingerprint density at radius 2 is 1.83 bits per heavy atom. The van der Waals surface area contributed by atoms with Crippen LogP contribution in [0.25, 0.3) is 11.1 Å². The molecule has 0 amide bonds. The predicted octanol–water partition coefficient (Wildman–Crippen LogP) is 4.66. The van der Waals surface area contributed by atoms with Gasteiger partial charge in [0.05, 0.1) is 0 Å². The van der Waals surface area contributed by atoms with Gasteiger partial charge in [0.15, 0.2) is 5.78 Å². The van der Waals surface area contributed by atoms with Crippen LogP contribution in [0.3, 0.4) is 0 Å². The van der Waals surface area contributed by atoms with E-state index in [1.807, 2.05) is 0 Å². The molecule has 0 aliphatic carbocycles. The van der Waals surface area contributed by atoms with E-state index < -0.39 is 0 Å². The summed E-state index contributed by atoms with van der Waals surface area (Å²) in [6, 6.07) is 10.1. The molecule has 0 atom stereocenters. The van der Waals surface area contributed by atoms with Crippen LogP contribution in [0.2, 0.25) is 5.02 Å². The lowest BCUT2D eigenvalue weighted by atomic mass is 9.98. The summed E-state index contributed by atoms with van der Waals surface area (Å²) in [5, 5.41) is 0.469. The molecule has 0 aromatic heterocycles. The molecule has 18 heavy (non-hydrogen) atoms. The zero-order chi connectivity index (χ0) is 13.3. The molecule has 0 heterocycles. The van der Waals surface area contributed by atoms with Gasteiger partial charge >= 0.3 is 0 Å². The second kappa shape index (κ2) is 4.91. The van der Waals surface area contributed by atoms with Crippen LogP contribution in [0, 0.1) is 12.7 Å². The summed E-state index contributed by atoms with van der Waals surface area (Å²) in [6.45, 7) is 3.10. The summed E-state index contributed by atoms with van der Waals surface area (Å²) in [5.74, 6) is -0.431. The molecule has 1 nitrogen and oxygen atoms in total.